The van der Waals surface area contributed by atoms with E-state index in [0.29, 0.717) is 24.9 Å². The van der Waals surface area contributed by atoms with E-state index in [0.717, 1.165) is 50.2 Å². The number of carbonyl (C=O) groups is 1. The first kappa shape index (κ1) is 24.8. The maximum absolute atomic E-state index is 12.8. The fourth-order valence-electron chi connectivity index (χ4n) is 6.53. The van der Waals surface area contributed by atoms with Crippen LogP contribution in [0, 0.1) is 16.7 Å². The van der Waals surface area contributed by atoms with Crippen molar-refractivity contribution in [1.29, 1.82) is 0 Å². The molecule has 0 aliphatic heterocycles. The summed E-state index contributed by atoms with van der Waals surface area (Å²) in [5.74, 6) is 2.03. The Morgan fingerprint density at radius 2 is 1.88 bits per heavy atom. The lowest BCUT2D eigenvalue weighted by molar-refractivity contribution is -0.123. The molecule has 0 bridgehead atoms. The minimum absolute atomic E-state index is 0.0137. The number of fused-ring (bicyclic) bond motifs is 1. The highest BCUT2D eigenvalue weighted by Gasteiger charge is 2.61. The van der Waals surface area contributed by atoms with E-state index in [4.69, 9.17) is 9.15 Å². The van der Waals surface area contributed by atoms with Gasteiger partial charge >= 0.3 is 0 Å². The number of aliphatic hydroxyl groups is 1. The van der Waals surface area contributed by atoms with Crippen molar-refractivity contribution in [2.75, 3.05) is 7.11 Å². The van der Waals surface area contributed by atoms with Crippen LogP contribution in [-0.4, -0.2) is 29.8 Å². The highest BCUT2D eigenvalue weighted by molar-refractivity contribution is 5.75. The third-order valence-corrected chi connectivity index (χ3v) is 8.40. The second-order valence-corrected chi connectivity index (χ2v) is 11.3. The van der Waals surface area contributed by atoms with Crippen LogP contribution >= 0.6 is 0 Å². The number of carbonyl (C=O) groups excluding carboxylic acids is 1. The molecule has 6 nitrogen and oxygen atoms in total. The Labute approximate surface area is 203 Å². The molecule has 2 aliphatic carbocycles. The van der Waals surface area contributed by atoms with Gasteiger partial charge in [-0.15, -0.1) is 0 Å². The van der Waals surface area contributed by atoms with Crippen molar-refractivity contribution in [3.05, 3.63) is 54.0 Å². The molecule has 186 valence electrons. The molecular formula is C28H40N2O4. The van der Waals surface area contributed by atoms with Gasteiger partial charge in [-0.2, -0.15) is 0 Å². The minimum Gasteiger partial charge on any atom is -0.497 e. The quantitative estimate of drug-likeness (QED) is 0.492. The molecule has 1 aromatic carbocycles. The number of hydrogen-bond acceptors (Lipinski definition) is 5. The van der Waals surface area contributed by atoms with Crippen molar-refractivity contribution in [2.45, 2.75) is 84.0 Å². The van der Waals surface area contributed by atoms with E-state index in [1.54, 1.807) is 13.4 Å². The van der Waals surface area contributed by atoms with E-state index < -0.39 is 5.60 Å². The molecule has 0 unspecified atom stereocenters. The fourth-order valence-corrected chi connectivity index (χ4v) is 6.53. The summed E-state index contributed by atoms with van der Waals surface area (Å²) in [6.45, 7) is 7.84. The number of amides is 1. The van der Waals surface area contributed by atoms with E-state index in [9.17, 15) is 9.90 Å². The van der Waals surface area contributed by atoms with Crippen molar-refractivity contribution in [3.8, 4) is 5.75 Å². The van der Waals surface area contributed by atoms with Gasteiger partial charge < -0.3 is 24.9 Å². The molecule has 3 N–H and O–H groups in total. The number of benzene rings is 1. The molecule has 2 saturated carbocycles. The molecule has 1 amide bonds. The predicted molar refractivity (Wildman–Crippen MR) is 132 cm³/mol. The maximum atomic E-state index is 12.8. The van der Waals surface area contributed by atoms with Crippen LogP contribution in [0.25, 0.3) is 0 Å². The van der Waals surface area contributed by atoms with Crippen molar-refractivity contribution < 1.29 is 19.1 Å². The lowest BCUT2D eigenvalue weighted by Gasteiger charge is -2.51. The molecule has 1 heterocycles. The summed E-state index contributed by atoms with van der Waals surface area (Å²) >= 11 is 0. The third kappa shape index (κ3) is 5.33. The Bertz CT molecular complexity index is 951. The average Bonchev–Trinajstić information content (AvgIpc) is 3.40. The zero-order valence-corrected chi connectivity index (χ0v) is 21.0. The summed E-state index contributed by atoms with van der Waals surface area (Å²) in [6.07, 6.45) is 6.46. The first-order valence-electron chi connectivity index (χ1n) is 12.5. The molecule has 2 fully saturated rings. The highest BCUT2D eigenvalue weighted by atomic mass is 16.5. The Morgan fingerprint density at radius 1 is 1.12 bits per heavy atom. The number of rotatable bonds is 9. The molecule has 4 rings (SSSR count). The van der Waals surface area contributed by atoms with E-state index >= 15 is 0 Å². The van der Waals surface area contributed by atoms with Crippen LogP contribution in [-0.2, 0) is 17.9 Å². The molecule has 0 saturated heterocycles. The minimum atomic E-state index is -0.641. The zero-order chi connectivity index (χ0) is 24.4. The summed E-state index contributed by atoms with van der Waals surface area (Å²) in [5.41, 5.74) is 0.654. The van der Waals surface area contributed by atoms with Gasteiger partial charge in [0.1, 0.15) is 11.5 Å². The van der Waals surface area contributed by atoms with Crippen molar-refractivity contribution in [1.82, 2.24) is 10.6 Å². The molecule has 2 aliphatic rings. The largest absolute Gasteiger partial charge is 0.497 e. The standard InChI is InChI=1S/C28H40N2O4/c1-26(2)17-24(29-18-20-7-9-21(33-4)10-8-20)28(14-13-27(3,32)16-23(26)28)12-11-25(31)30-19-22-6-5-15-34-22/h5-10,15,23-24,29,32H,11-14,16-19H2,1-4H3,(H,30,31)/t23-,24-,27-,28-/m0/s1. The average molecular weight is 469 g/mol. The Kier molecular flexibility index (Phi) is 7.11. The van der Waals surface area contributed by atoms with Gasteiger partial charge in [0.05, 0.1) is 25.5 Å². The van der Waals surface area contributed by atoms with Crippen molar-refractivity contribution >= 4 is 5.91 Å². The summed E-state index contributed by atoms with van der Waals surface area (Å²) in [4.78, 5) is 12.8. The number of hydrogen-bond donors (Lipinski definition) is 3. The van der Waals surface area contributed by atoms with Crippen molar-refractivity contribution in [3.63, 3.8) is 0 Å². The predicted octanol–water partition coefficient (Wildman–Crippen LogP) is 4.81. The fraction of sp³-hybridized carbons (Fsp3) is 0.607. The highest BCUT2D eigenvalue weighted by Crippen LogP contribution is 2.63. The van der Waals surface area contributed by atoms with E-state index in [1.807, 2.05) is 31.2 Å². The van der Waals surface area contributed by atoms with Gasteiger partial charge in [-0.25, -0.2) is 0 Å². The van der Waals surface area contributed by atoms with Gasteiger partial charge in [0.15, 0.2) is 0 Å². The van der Waals surface area contributed by atoms with Gasteiger partial charge in [-0.1, -0.05) is 26.0 Å². The normalized spacial score (nSPS) is 30.0. The van der Waals surface area contributed by atoms with Crippen LogP contribution in [0.2, 0.25) is 0 Å². The van der Waals surface area contributed by atoms with Gasteiger partial charge in [0.2, 0.25) is 5.91 Å². The monoisotopic (exact) mass is 468 g/mol. The van der Waals surface area contributed by atoms with Crippen LogP contribution in [0.3, 0.4) is 0 Å². The van der Waals surface area contributed by atoms with E-state index in [-0.39, 0.29) is 16.7 Å². The first-order chi connectivity index (χ1) is 16.1. The lowest BCUT2D eigenvalue weighted by Crippen LogP contribution is -2.51. The smallest absolute Gasteiger partial charge is 0.220 e. The first-order valence-corrected chi connectivity index (χ1v) is 12.5. The zero-order valence-electron chi connectivity index (χ0n) is 21.0. The molecule has 2 aromatic rings. The summed E-state index contributed by atoms with van der Waals surface area (Å²) in [5, 5.41) is 17.8. The number of ether oxygens (including phenoxy) is 1. The Morgan fingerprint density at radius 3 is 2.56 bits per heavy atom. The second-order valence-electron chi connectivity index (χ2n) is 11.3. The molecule has 34 heavy (non-hydrogen) atoms. The number of nitrogens with one attached hydrogen (secondary N) is 2. The SMILES string of the molecule is COc1ccc(CN[C@H]2CC(C)(C)[C@@H]3C[C@@](C)(O)CC[C@]23CCC(=O)NCc2ccco2)cc1. The summed E-state index contributed by atoms with van der Waals surface area (Å²) in [7, 11) is 1.68. The lowest BCUT2D eigenvalue weighted by atomic mass is 9.57. The maximum Gasteiger partial charge on any atom is 0.220 e. The number of furan rings is 1. The summed E-state index contributed by atoms with van der Waals surface area (Å²) < 4.78 is 10.6. The molecule has 4 atom stereocenters. The van der Waals surface area contributed by atoms with Gasteiger partial charge in [0.25, 0.3) is 0 Å². The Balaban J connectivity index is 1.48. The molecular weight excluding hydrogens is 428 g/mol. The third-order valence-electron chi connectivity index (χ3n) is 8.40. The molecule has 1 aromatic heterocycles. The van der Waals surface area contributed by atoms with Crippen LogP contribution in [0.5, 0.6) is 5.75 Å². The van der Waals surface area contributed by atoms with Gasteiger partial charge in [-0.05, 0) is 85.6 Å². The van der Waals surface area contributed by atoms with E-state index in [2.05, 4.69) is 36.6 Å². The summed E-state index contributed by atoms with van der Waals surface area (Å²) in [6, 6.07) is 12.2. The Hall–Kier alpha value is -2.31. The van der Waals surface area contributed by atoms with Crippen LogP contribution in [0.4, 0.5) is 0 Å². The second kappa shape index (κ2) is 9.74. The van der Waals surface area contributed by atoms with Gasteiger partial charge in [-0.3, -0.25) is 4.79 Å². The topological polar surface area (TPSA) is 83.7 Å². The van der Waals surface area contributed by atoms with Crippen LogP contribution in [0.1, 0.15) is 70.6 Å². The van der Waals surface area contributed by atoms with Crippen molar-refractivity contribution in [2.24, 2.45) is 16.7 Å². The van der Waals surface area contributed by atoms with Gasteiger partial charge in [0, 0.05) is 19.0 Å². The molecule has 6 heteroatoms. The molecule has 0 radical (unpaired) electrons. The van der Waals surface area contributed by atoms with E-state index in [1.165, 1.54) is 5.56 Å². The van der Waals surface area contributed by atoms with Crippen LogP contribution < -0.4 is 15.4 Å². The molecule has 0 spiro atoms. The van der Waals surface area contributed by atoms with Crippen LogP contribution in [0.15, 0.2) is 47.1 Å². The number of methoxy groups -OCH3 is 1.